The zero-order chi connectivity index (χ0) is 26.6. The van der Waals surface area contributed by atoms with E-state index in [0.29, 0.717) is 29.9 Å². The average molecular weight is 529 g/mol. The smallest absolute Gasteiger partial charge is 0.263 e. The molecule has 1 N–H and O–H groups in total. The first-order valence-corrected chi connectivity index (χ1v) is 14.0. The number of piperidine rings is 1. The molecule has 0 spiro atoms. The minimum absolute atomic E-state index is 0.00892. The Morgan fingerprint density at radius 2 is 1.97 bits per heavy atom. The fourth-order valence-corrected chi connectivity index (χ4v) is 5.06. The Morgan fingerprint density at radius 1 is 1.22 bits per heavy atom. The van der Waals surface area contributed by atoms with Crippen LogP contribution in [0.3, 0.4) is 0 Å². The van der Waals surface area contributed by atoms with Gasteiger partial charge in [0.15, 0.2) is 6.61 Å². The second-order valence-electron chi connectivity index (χ2n) is 9.69. The summed E-state index contributed by atoms with van der Waals surface area (Å²) >= 11 is 6.67. The van der Waals surface area contributed by atoms with Crippen LogP contribution in [0.5, 0.6) is 5.75 Å². The highest BCUT2D eigenvalue weighted by molar-refractivity contribution is 6.33. The minimum Gasteiger partial charge on any atom is -0.506 e. The standard InChI is InChI=1S/C30H41ClN2O4/c1-4-14-25-16-11-8-6-7-10-15-24(32-36-21-28(35)33-17-12-9-13-18-33)20-26-29(22(3)37-25)23(5-2)19-27(34)30(26)31/h8,10-11,15,19,25,34H,3-7,9,12-14,16-18,20-21H2,1-2H3/b11-8+,15-10+,32-24-. The summed E-state index contributed by atoms with van der Waals surface area (Å²) in [6.07, 6.45) is 17.0. The first kappa shape index (κ1) is 28.8. The van der Waals surface area contributed by atoms with Crippen LogP contribution in [0.1, 0.15) is 81.9 Å². The number of rotatable bonds is 6. The predicted molar refractivity (Wildman–Crippen MR) is 151 cm³/mol. The molecule has 1 saturated heterocycles. The lowest BCUT2D eigenvalue weighted by Gasteiger charge is -2.26. The van der Waals surface area contributed by atoms with E-state index in [4.69, 9.17) is 21.2 Å². The van der Waals surface area contributed by atoms with Gasteiger partial charge in [-0.05, 0) is 68.2 Å². The number of nitrogens with zero attached hydrogens (tertiary/aromatic N) is 2. The van der Waals surface area contributed by atoms with Crippen molar-refractivity contribution in [3.05, 3.63) is 58.7 Å². The van der Waals surface area contributed by atoms with Crippen molar-refractivity contribution in [3.63, 3.8) is 0 Å². The zero-order valence-corrected chi connectivity index (χ0v) is 23.1. The molecule has 7 heteroatoms. The van der Waals surface area contributed by atoms with Crippen LogP contribution in [0.25, 0.3) is 5.76 Å². The lowest BCUT2D eigenvalue weighted by molar-refractivity contribution is -0.137. The number of carbonyl (C=O) groups is 1. The van der Waals surface area contributed by atoms with Gasteiger partial charge in [-0.15, -0.1) is 0 Å². The predicted octanol–water partition coefficient (Wildman–Crippen LogP) is 6.99. The molecule has 202 valence electrons. The van der Waals surface area contributed by atoms with Crippen LogP contribution in [0.4, 0.5) is 0 Å². The Hall–Kier alpha value is -2.73. The van der Waals surface area contributed by atoms with Crippen molar-refractivity contribution in [2.45, 2.75) is 84.2 Å². The van der Waals surface area contributed by atoms with Gasteiger partial charge in [0.25, 0.3) is 5.91 Å². The van der Waals surface area contributed by atoms with Crippen LogP contribution < -0.4 is 0 Å². The molecule has 1 aromatic carbocycles. The fourth-order valence-electron chi connectivity index (χ4n) is 4.84. The number of phenols is 1. The van der Waals surface area contributed by atoms with E-state index >= 15 is 0 Å². The van der Waals surface area contributed by atoms with Crippen molar-refractivity contribution in [2.75, 3.05) is 19.7 Å². The first-order chi connectivity index (χ1) is 17.9. The summed E-state index contributed by atoms with van der Waals surface area (Å²) in [4.78, 5) is 19.9. The van der Waals surface area contributed by atoms with Crippen LogP contribution in [0.15, 0.2) is 42.1 Å². The second kappa shape index (κ2) is 14.9. The topological polar surface area (TPSA) is 71.4 Å². The molecule has 37 heavy (non-hydrogen) atoms. The number of amides is 1. The normalized spacial score (nSPS) is 22.0. The maximum Gasteiger partial charge on any atom is 0.263 e. The van der Waals surface area contributed by atoms with Gasteiger partial charge >= 0.3 is 0 Å². The molecule has 2 aliphatic heterocycles. The molecule has 6 nitrogen and oxygen atoms in total. The lowest BCUT2D eigenvalue weighted by Crippen LogP contribution is -2.37. The average Bonchev–Trinajstić information content (AvgIpc) is 2.90. The van der Waals surface area contributed by atoms with E-state index < -0.39 is 0 Å². The van der Waals surface area contributed by atoms with Crippen molar-refractivity contribution in [1.29, 1.82) is 0 Å². The molecule has 1 fully saturated rings. The molecule has 2 aliphatic rings. The molecule has 3 rings (SSSR count). The van der Waals surface area contributed by atoms with E-state index in [1.54, 1.807) is 6.07 Å². The summed E-state index contributed by atoms with van der Waals surface area (Å²) in [5, 5.41) is 15.2. The van der Waals surface area contributed by atoms with Gasteiger partial charge < -0.3 is 19.6 Å². The highest BCUT2D eigenvalue weighted by Gasteiger charge is 2.22. The van der Waals surface area contributed by atoms with Crippen molar-refractivity contribution in [1.82, 2.24) is 4.90 Å². The number of aryl methyl sites for hydroxylation is 1. The van der Waals surface area contributed by atoms with Gasteiger partial charge in [0.2, 0.25) is 0 Å². The molecule has 0 aromatic heterocycles. The Kier molecular flexibility index (Phi) is 11.6. The van der Waals surface area contributed by atoms with Crippen molar-refractivity contribution < 1.29 is 19.5 Å². The quantitative estimate of drug-likeness (QED) is 0.319. The molecule has 0 saturated carbocycles. The van der Waals surface area contributed by atoms with Crippen LogP contribution in [0, 0.1) is 0 Å². The third-order valence-electron chi connectivity index (χ3n) is 6.82. The molecule has 1 aromatic rings. The number of hydrogen-bond acceptors (Lipinski definition) is 5. The summed E-state index contributed by atoms with van der Waals surface area (Å²) < 4.78 is 6.39. The third kappa shape index (κ3) is 8.39. The molecule has 1 unspecified atom stereocenters. The summed E-state index contributed by atoms with van der Waals surface area (Å²) in [5.74, 6) is 0.512. The third-order valence-corrected chi connectivity index (χ3v) is 7.24. The maximum absolute atomic E-state index is 12.5. The monoisotopic (exact) mass is 528 g/mol. The number of hydrogen-bond donors (Lipinski definition) is 1. The van der Waals surface area contributed by atoms with Gasteiger partial charge in [-0.2, -0.15) is 0 Å². The van der Waals surface area contributed by atoms with Gasteiger partial charge in [0.05, 0.1) is 10.7 Å². The van der Waals surface area contributed by atoms with Gasteiger partial charge in [-0.25, -0.2) is 0 Å². The number of fused-ring (bicyclic) bond motifs is 1. The summed E-state index contributed by atoms with van der Waals surface area (Å²) in [5.41, 5.74) is 3.02. The number of benzene rings is 1. The summed E-state index contributed by atoms with van der Waals surface area (Å²) in [7, 11) is 0. The Morgan fingerprint density at radius 3 is 2.70 bits per heavy atom. The fraction of sp³-hybridized carbons (Fsp3) is 0.533. The first-order valence-electron chi connectivity index (χ1n) is 13.6. The molecular weight excluding hydrogens is 488 g/mol. The van der Waals surface area contributed by atoms with Crippen LogP contribution in [-0.4, -0.2) is 47.4 Å². The highest BCUT2D eigenvalue weighted by Crippen LogP contribution is 2.38. The van der Waals surface area contributed by atoms with E-state index in [1.807, 2.05) is 17.9 Å². The van der Waals surface area contributed by atoms with Crippen molar-refractivity contribution >= 4 is 29.0 Å². The van der Waals surface area contributed by atoms with Crippen molar-refractivity contribution in [2.24, 2.45) is 5.16 Å². The minimum atomic E-state index is -0.102. The van der Waals surface area contributed by atoms with Gasteiger partial charge in [0, 0.05) is 31.5 Å². The van der Waals surface area contributed by atoms with E-state index in [0.717, 1.165) is 75.6 Å². The van der Waals surface area contributed by atoms with Gasteiger partial charge in [0.1, 0.15) is 17.6 Å². The molecule has 1 amide bonds. The van der Waals surface area contributed by atoms with Crippen molar-refractivity contribution in [3.8, 4) is 5.75 Å². The Labute approximate surface area is 226 Å². The van der Waals surface area contributed by atoms with Gasteiger partial charge in [-0.3, -0.25) is 4.79 Å². The number of allylic oxidation sites excluding steroid dienone is 3. The number of likely N-dealkylation sites (tertiary alicyclic amines) is 1. The van der Waals surface area contributed by atoms with Crippen LogP contribution in [-0.2, 0) is 27.2 Å². The number of ether oxygens (including phenoxy) is 1. The Bertz CT molecular complexity index is 1020. The molecule has 2 heterocycles. The zero-order valence-electron chi connectivity index (χ0n) is 22.3. The van der Waals surface area contributed by atoms with Crippen LogP contribution in [0.2, 0.25) is 5.02 Å². The number of halogens is 1. The summed E-state index contributed by atoms with van der Waals surface area (Å²) in [6.45, 7) is 9.89. The van der Waals surface area contributed by atoms with E-state index in [9.17, 15) is 9.90 Å². The second-order valence-corrected chi connectivity index (χ2v) is 10.1. The largest absolute Gasteiger partial charge is 0.506 e. The molecule has 1 atom stereocenters. The van der Waals surface area contributed by atoms with Crippen LogP contribution >= 0.6 is 11.6 Å². The summed E-state index contributed by atoms with van der Waals surface area (Å²) in [6, 6.07) is 1.69. The van der Waals surface area contributed by atoms with E-state index in [2.05, 4.69) is 36.9 Å². The number of aromatic hydroxyl groups is 1. The Balaban J connectivity index is 1.93. The molecule has 0 bridgehead atoms. The molecule has 0 aliphatic carbocycles. The number of carbonyl (C=O) groups excluding carboxylic acids is 1. The van der Waals surface area contributed by atoms with E-state index in [-0.39, 0.29) is 29.4 Å². The van der Waals surface area contributed by atoms with E-state index in [1.165, 1.54) is 0 Å². The van der Waals surface area contributed by atoms with Gasteiger partial charge in [-0.1, -0.05) is 61.8 Å². The number of phenolic OH excluding ortho intramolecular Hbond substituents is 1. The SMILES string of the molecule is C=C1OC(CCC)C/C=C/CC/C=C/C(=N/OCC(=O)N2CCCCC2)Cc2c(Cl)c(O)cc(CC)c21. The molecular formula is C30H41ClN2O4. The lowest BCUT2D eigenvalue weighted by atomic mass is 9.93. The molecule has 0 radical (unpaired) electrons. The maximum atomic E-state index is 12.5. The number of oxime groups is 1. The highest BCUT2D eigenvalue weighted by atomic mass is 35.5.